The van der Waals surface area contributed by atoms with Crippen LogP contribution < -0.4 is 5.73 Å². The molecule has 5 aliphatic rings. The Labute approximate surface area is 116 Å². The van der Waals surface area contributed by atoms with Crippen LogP contribution in [-0.4, -0.2) is 78.6 Å². The zero-order chi connectivity index (χ0) is 12.9. The molecule has 2 bridgehead atoms. The van der Waals surface area contributed by atoms with Gasteiger partial charge in [-0.3, -0.25) is 9.80 Å². The lowest BCUT2D eigenvalue weighted by Gasteiger charge is -2.59. The van der Waals surface area contributed by atoms with Crippen molar-refractivity contribution in [2.45, 2.75) is 37.3 Å². The van der Waals surface area contributed by atoms with Gasteiger partial charge in [-0.1, -0.05) is 0 Å². The highest BCUT2D eigenvalue weighted by atomic mass is 15.4. The van der Waals surface area contributed by atoms with E-state index in [0.29, 0.717) is 5.54 Å². The van der Waals surface area contributed by atoms with Crippen molar-refractivity contribution < 1.29 is 0 Å². The summed E-state index contributed by atoms with van der Waals surface area (Å²) in [5, 5.41) is 0. The Kier molecular flexibility index (Phi) is 3.10. The predicted octanol–water partition coefficient (Wildman–Crippen LogP) is 0.190. The predicted molar refractivity (Wildman–Crippen MR) is 77.1 cm³/mol. The number of piperazine rings is 1. The fraction of sp³-hybridized carbons (Fsp3) is 1.00. The van der Waals surface area contributed by atoms with Crippen LogP contribution in [0.2, 0.25) is 0 Å². The second-order valence-electron chi connectivity index (χ2n) is 7.14. The van der Waals surface area contributed by atoms with Gasteiger partial charge in [-0.2, -0.15) is 0 Å². The van der Waals surface area contributed by atoms with Crippen LogP contribution in [0.1, 0.15) is 25.7 Å². The van der Waals surface area contributed by atoms with E-state index in [2.05, 4.69) is 14.7 Å². The smallest absolute Gasteiger partial charge is 0.0488 e. The molecule has 0 saturated carbocycles. The molecule has 5 fully saturated rings. The second kappa shape index (κ2) is 4.69. The molecule has 5 aliphatic heterocycles. The molecule has 0 aromatic rings. The van der Waals surface area contributed by atoms with Crippen molar-refractivity contribution in [3.63, 3.8) is 0 Å². The van der Waals surface area contributed by atoms with Crippen molar-refractivity contribution in [1.82, 2.24) is 14.7 Å². The molecule has 0 spiro atoms. The molecule has 108 valence electrons. The summed E-state index contributed by atoms with van der Waals surface area (Å²) in [4.78, 5) is 8.17. The summed E-state index contributed by atoms with van der Waals surface area (Å²) in [7, 11) is 0. The highest BCUT2D eigenvalue weighted by Crippen LogP contribution is 2.40. The minimum absolute atomic E-state index is 0.311. The van der Waals surface area contributed by atoms with Crippen molar-refractivity contribution in [2.75, 3.05) is 52.4 Å². The van der Waals surface area contributed by atoms with Crippen molar-refractivity contribution in [2.24, 2.45) is 11.7 Å². The van der Waals surface area contributed by atoms with Crippen LogP contribution in [-0.2, 0) is 0 Å². The third-order valence-corrected chi connectivity index (χ3v) is 6.42. The van der Waals surface area contributed by atoms with Crippen LogP contribution in [0.15, 0.2) is 0 Å². The van der Waals surface area contributed by atoms with E-state index in [1.54, 1.807) is 0 Å². The summed E-state index contributed by atoms with van der Waals surface area (Å²) >= 11 is 0. The summed E-state index contributed by atoms with van der Waals surface area (Å²) < 4.78 is 0. The average Bonchev–Trinajstić information content (AvgIpc) is 2.95. The first-order chi connectivity index (χ1) is 9.32. The van der Waals surface area contributed by atoms with E-state index < -0.39 is 0 Å². The maximum Gasteiger partial charge on any atom is 0.0488 e. The molecular formula is C15H28N4. The number of hydrogen-bond donors (Lipinski definition) is 1. The van der Waals surface area contributed by atoms with E-state index in [1.165, 1.54) is 71.5 Å². The Balaban J connectivity index is 1.55. The quantitative estimate of drug-likeness (QED) is 0.772. The molecule has 4 heteroatoms. The van der Waals surface area contributed by atoms with Crippen LogP contribution in [0.4, 0.5) is 0 Å². The molecule has 2 N–H and O–H groups in total. The third kappa shape index (κ3) is 1.88. The Bertz CT molecular complexity index is 339. The summed E-state index contributed by atoms with van der Waals surface area (Å²) in [6.07, 6.45) is 5.57. The van der Waals surface area contributed by atoms with Gasteiger partial charge in [0.05, 0.1) is 0 Å². The second-order valence-corrected chi connectivity index (χ2v) is 7.14. The van der Waals surface area contributed by atoms with Crippen LogP contribution in [0.5, 0.6) is 0 Å². The molecular weight excluding hydrogens is 236 g/mol. The van der Waals surface area contributed by atoms with Gasteiger partial charge in [0.2, 0.25) is 0 Å². The Morgan fingerprint density at radius 3 is 2.53 bits per heavy atom. The summed E-state index contributed by atoms with van der Waals surface area (Å²) in [6, 6.07) is 0.827. The molecule has 19 heavy (non-hydrogen) atoms. The van der Waals surface area contributed by atoms with Crippen LogP contribution in [0, 0.1) is 5.92 Å². The van der Waals surface area contributed by atoms with Crippen molar-refractivity contribution in [1.29, 1.82) is 0 Å². The van der Waals surface area contributed by atoms with Gasteiger partial charge in [-0.15, -0.1) is 0 Å². The molecule has 5 saturated heterocycles. The first-order valence-corrected chi connectivity index (χ1v) is 8.23. The van der Waals surface area contributed by atoms with E-state index in [4.69, 9.17) is 5.73 Å². The normalized spacial score (nSPS) is 47.5. The molecule has 0 radical (unpaired) electrons. The molecule has 2 atom stereocenters. The number of hydrogen-bond acceptors (Lipinski definition) is 4. The van der Waals surface area contributed by atoms with Crippen molar-refractivity contribution in [3.8, 4) is 0 Å². The summed E-state index contributed by atoms with van der Waals surface area (Å²) in [5.74, 6) is 0.857. The van der Waals surface area contributed by atoms with Gasteiger partial charge in [-0.25, -0.2) is 0 Å². The zero-order valence-electron chi connectivity index (χ0n) is 12.1. The van der Waals surface area contributed by atoms with E-state index >= 15 is 0 Å². The van der Waals surface area contributed by atoms with Crippen LogP contribution in [0.3, 0.4) is 0 Å². The number of rotatable bonds is 2. The van der Waals surface area contributed by atoms with Gasteiger partial charge >= 0.3 is 0 Å². The molecule has 0 aromatic heterocycles. The van der Waals surface area contributed by atoms with E-state index in [1.807, 2.05) is 0 Å². The van der Waals surface area contributed by atoms with Crippen molar-refractivity contribution >= 4 is 0 Å². The Morgan fingerprint density at radius 2 is 1.84 bits per heavy atom. The molecule has 4 nitrogen and oxygen atoms in total. The van der Waals surface area contributed by atoms with Gasteiger partial charge in [0, 0.05) is 44.3 Å². The molecule has 0 amide bonds. The highest BCUT2D eigenvalue weighted by molar-refractivity contribution is 5.08. The van der Waals surface area contributed by atoms with Gasteiger partial charge in [0.25, 0.3) is 0 Å². The lowest BCUT2D eigenvalue weighted by atomic mass is 9.71. The number of nitrogens with zero attached hydrogens (tertiary/aromatic N) is 3. The fourth-order valence-corrected chi connectivity index (χ4v) is 5.26. The number of fused-ring (bicyclic) bond motifs is 4. The molecule has 0 aliphatic carbocycles. The molecule has 2 unspecified atom stereocenters. The highest BCUT2D eigenvalue weighted by Gasteiger charge is 2.51. The van der Waals surface area contributed by atoms with E-state index in [0.717, 1.165) is 18.5 Å². The summed E-state index contributed by atoms with van der Waals surface area (Å²) in [5.41, 5.74) is 6.62. The Morgan fingerprint density at radius 1 is 1.00 bits per heavy atom. The van der Waals surface area contributed by atoms with Crippen molar-refractivity contribution in [3.05, 3.63) is 0 Å². The molecule has 0 aromatic carbocycles. The van der Waals surface area contributed by atoms with Gasteiger partial charge in [0.1, 0.15) is 0 Å². The van der Waals surface area contributed by atoms with E-state index in [-0.39, 0.29) is 0 Å². The Hall–Kier alpha value is -0.160. The minimum Gasteiger partial charge on any atom is -0.329 e. The maximum absolute atomic E-state index is 6.31. The first-order valence-electron chi connectivity index (χ1n) is 8.23. The fourth-order valence-electron chi connectivity index (χ4n) is 5.26. The standard InChI is InChI=1S/C15H28N4/c16-11-15(12-17-6-3-13(15)4-7-17)19-9-8-18-5-1-2-14(18)10-19/h13-14H,1-12,16H2. The third-order valence-electron chi connectivity index (χ3n) is 6.42. The number of nitrogens with two attached hydrogens (primary N) is 1. The SMILES string of the molecule is NCC1(N2CCN3CCCC3C2)CN2CCC1CC2. The van der Waals surface area contributed by atoms with Gasteiger partial charge in [0.15, 0.2) is 0 Å². The van der Waals surface area contributed by atoms with Crippen LogP contribution in [0.25, 0.3) is 0 Å². The first kappa shape index (κ1) is 12.6. The van der Waals surface area contributed by atoms with E-state index in [9.17, 15) is 0 Å². The maximum atomic E-state index is 6.31. The lowest BCUT2D eigenvalue weighted by Crippen LogP contribution is -2.72. The monoisotopic (exact) mass is 264 g/mol. The molecule has 5 heterocycles. The van der Waals surface area contributed by atoms with Gasteiger partial charge in [-0.05, 0) is 51.2 Å². The van der Waals surface area contributed by atoms with Crippen LogP contribution >= 0.6 is 0 Å². The topological polar surface area (TPSA) is 35.7 Å². The number of piperidine rings is 3. The largest absolute Gasteiger partial charge is 0.329 e. The zero-order valence-corrected chi connectivity index (χ0v) is 12.1. The van der Waals surface area contributed by atoms with Gasteiger partial charge < -0.3 is 10.6 Å². The lowest BCUT2D eigenvalue weighted by molar-refractivity contribution is -0.0887. The minimum atomic E-state index is 0.311. The summed E-state index contributed by atoms with van der Waals surface area (Å²) in [6.45, 7) is 9.87. The molecule has 5 rings (SSSR count). The average molecular weight is 264 g/mol.